The molecule has 0 aromatic heterocycles. The summed E-state index contributed by atoms with van der Waals surface area (Å²) in [5, 5.41) is 8.49. The van der Waals surface area contributed by atoms with E-state index in [1.165, 1.54) is 19.3 Å². The van der Waals surface area contributed by atoms with Crippen molar-refractivity contribution < 1.29 is 10.0 Å². The maximum Gasteiger partial charge on any atom is 0.270 e. The molecule has 2 atom stereocenters. The Labute approximate surface area is 77.8 Å². The number of allylic oxidation sites excluding steroid dienone is 1. The number of hydrogen-bond acceptors (Lipinski definition) is 2. The molecule has 0 heterocycles. The van der Waals surface area contributed by atoms with E-state index in [0.29, 0.717) is 5.92 Å². The van der Waals surface area contributed by atoms with E-state index in [9.17, 15) is 4.79 Å². The fraction of sp³-hybridized carbons (Fsp3) is 0.700. The Bertz CT molecular complexity index is 247. The van der Waals surface area contributed by atoms with Crippen LogP contribution in [0.25, 0.3) is 0 Å². The first-order chi connectivity index (χ1) is 6.31. The van der Waals surface area contributed by atoms with E-state index in [4.69, 9.17) is 5.21 Å². The van der Waals surface area contributed by atoms with Crippen LogP contribution in [0.4, 0.5) is 0 Å². The molecule has 1 amide bonds. The lowest BCUT2D eigenvalue weighted by atomic mass is 9.83. The number of carbonyl (C=O) groups excluding carboxylic acids is 1. The van der Waals surface area contributed by atoms with Gasteiger partial charge < -0.3 is 0 Å². The van der Waals surface area contributed by atoms with Crippen molar-refractivity contribution in [3.8, 4) is 0 Å². The SMILES string of the molecule is O=C(NO)C1=CC2CCCC2CC1. The lowest BCUT2D eigenvalue weighted by Gasteiger charge is -2.23. The summed E-state index contributed by atoms with van der Waals surface area (Å²) in [6.45, 7) is 0. The van der Waals surface area contributed by atoms with Gasteiger partial charge in [-0.2, -0.15) is 0 Å². The summed E-state index contributed by atoms with van der Waals surface area (Å²) in [6.07, 6.45) is 7.83. The van der Waals surface area contributed by atoms with Gasteiger partial charge in [0.15, 0.2) is 0 Å². The van der Waals surface area contributed by atoms with Crippen LogP contribution < -0.4 is 5.48 Å². The van der Waals surface area contributed by atoms with E-state index in [1.807, 2.05) is 0 Å². The summed E-state index contributed by atoms with van der Waals surface area (Å²) in [5.74, 6) is 1.08. The summed E-state index contributed by atoms with van der Waals surface area (Å²) < 4.78 is 0. The minimum absolute atomic E-state index is 0.314. The first-order valence-corrected chi connectivity index (χ1v) is 4.96. The molecule has 2 rings (SSSR count). The molecule has 0 spiro atoms. The topological polar surface area (TPSA) is 49.3 Å². The summed E-state index contributed by atoms with van der Waals surface area (Å²) >= 11 is 0. The Morgan fingerprint density at radius 1 is 1.46 bits per heavy atom. The van der Waals surface area contributed by atoms with Gasteiger partial charge in [-0.1, -0.05) is 12.5 Å². The molecule has 3 heteroatoms. The second kappa shape index (κ2) is 3.50. The summed E-state index contributed by atoms with van der Waals surface area (Å²) in [6, 6.07) is 0. The van der Waals surface area contributed by atoms with E-state index in [-0.39, 0.29) is 5.91 Å². The number of carbonyl (C=O) groups is 1. The van der Waals surface area contributed by atoms with Crippen LogP contribution in [0.1, 0.15) is 32.1 Å². The minimum atomic E-state index is -0.314. The monoisotopic (exact) mass is 181 g/mol. The van der Waals surface area contributed by atoms with Crippen LogP contribution in [-0.2, 0) is 4.79 Å². The van der Waals surface area contributed by atoms with Gasteiger partial charge in [0, 0.05) is 5.57 Å². The van der Waals surface area contributed by atoms with Crippen molar-refractivity contribution in [1.82, 2.24) is 5.48 Å². The Morgan fingerprint density at radius 3 is 3.08 bits per heavy atom. The van der Waals surface area contributed by atoms with Crippen LogP contribution in [0.2, 0.25) is 0 Å². The Kier molecular flexibility index (Phi) is 2.36. The van der Waals surface area contributed by atoms with Crippen LogP contribution in [-0.4, -0.2) is 11.1 Å². The molecule has 1 saturated carbocycles. The van der Waals surface area contributed by atoms with Crippen LogP contribution in [0.3, 0.4) is 0 Å². The van der Waals surface area contributed by atoms with Gasteiger partial charge in [-0.05, 0) is 37.5 Å². The maximum absolute atomic E-state index is 11.1. The predicted molar refractivity (Wildman–Crippen MR) is 48.1 cm³/mol. The average Bonchev–Trinajstić information content (AvgIpc) is 2.63. The van der Waals surface area contributed by atoms with Gasteiger partial charge in [0.1, 0.15) is 0 Å². The van der Waals surface area contributed by atoms with Crippen LogP contribution in [0, 0.1) is 11.8 Å². The van der Waals surface area contributed by atoms with Crippen molar-refractivity contribution in [1.29, 1.82) is 0 Å². The van der Waals surface area contributed by atoms with Crippen molar-refractivity contribution in [3.63, 3.8) is 0 Å². The first kappa shape index (κ1) is 8.75. The van der Waals surface area contributed by atoms with Crippen molar-refractivity contribution in [2.75, 3.05) is 0 Å². The van der Waals surface area contributed by atoms with Gasteiger partial charge in [-0.3, -0.25) is 10.0 Å². The second-order valence-electron chi connectivity index (χ2n) is 4.03. The molecule has 2 aliphatic carbocycles. The highest BCUT2D eigenvalue weighted by atomic mass is 16.5. The maximum atomic E-state index is 11.1. The average molecular weight is 181 g/mol. The summed E-state index contributed by atoms with van der Waals surface area (Å²) in [5.41, 5.74) is 2.48. The lowest BCUT2D eigenvalue weighted by molar-refractivity contribution is -0.125. The molecule has 3 nitrogen and oxygen atoms in total. The summed E-state index contributed by atoms with van der Waals surface area (Å²) in [4.78, 5) is 11.1. The van der Waals surface area contributed by atoms with E-state index in [1.54, 1.807) is 5.48 Å². The first-order valence-electron chi connectivity index (χ1n) is 4.96. The van der Waals surface area contributed by atoms with Gasteiger partial charge in [0.2, 0.25) is 0 Å². The second-order valence-corrected chi connectivity index (χ2v) is 4.03. The molecular weight excluding hydrogens is 166 g/mol. The highest BCUT2D eigenvalue weighted by molar-refractivity contribution is 5.92. The van der Waals surface area contributed by atoms with E-state index >= 15 is 0 Å². The van der Waals surface area contributed by atoms with E-state index in [2.05, 4.69) is 6.08 Å². The third-order valence-electron chi connectivity index (χ3n) is 3.31. The van der Waals surface area contributed by atoms with Gasteiger partial charge in [-0.15, -0.1) is 0 Å². The largest absolute Gasteiger partial charge is 0.288 e. The number of rotatable bonds is 1. The van der Waals surface area contributed by atoms with Crippen LogP contribution >= 0.6 is 0 Å². The zero-order chi connectivity index (χ0) is 9.26. The number of fused-ring (bicyclic) bond motifs is 1. The molecule has 0 aliphatic heterocycles. The quantitative estimate of drug-likeness (QED) is 0.477. The molecule has 0 bridgehead atoms. The minimum Gasteiger partial charge on any atom is -0.288 e. The molecule has 13 heavy (non-hydrogen) atoms. The predicted octanol–water partition coefficient (Wildman–Crippen LogP) is 1.63. The fourth-order valence-electron chi connectivity index (χ4n) is 2.59. The standard InChI is InChI=1S/C10H15NO2/c12-10(11-13)9-5-4-7-2-1-3-8(7)6-9/h6-8,13H,1-5H2,(H,11,12). The highest BCUT2D eigenvalue weighted by Gasteiger charge is 2.30. The van der Waals surface area contributed by atoms with Gasteiger partial charge in [0.05, 0.1) is 0 Å². The van der Waals surface area contributed by atoms with Crippen molar-refractivity contribution in [3.05, 3.63) is 11.6 Å². The summed E-state index contributed by atoms with van der Waals surface area (Å²) in [7, 11) is 0. The van der Waals surface area contributed by atoms with Crippen LogP contribution in [0.5, 0.6) is 0 Å². The highest BCUT2D eigenvalue weighted by Crippen LogP contribution is 2.40. The Balaban J connectivity index is 2.10. The third kappa shape index (κ3) is 1.61. The molecule has 2 unspecified atom stereocenters. The number of hydrogen-bond donors (Lipinski definition) is 2. The third-order valence-corrected chi connectivity index (χ3v) is 3.31. The molecule has 0 aromatic rings. The Hall–Kier alpha value is -0.830. The normalized spacial score (nSPS) is 32.2. The number of amides is 1. The van der Waals surface area contributed by atoms with Gasteiger partial charge >= 0.3 is 0 Å². The molecule has 0 radical (unpaired) electrons. The Morgan fingerprint density at radius 2 is 2.31 bits per heavy atom. The molecule has 2 N–H and O–H groups in total. The zero-order valence-electron chi connectivity index (χ0n) is 7.62. The number of nitrogens with one attached hydrogen (secondary N) is 1. The van der Waals surface area contributed by atoms with Crippen LogP contribution in [0.15, 0.2) is 11.6 Å². The molecule has 0 aromatic carbocycles. The molecule has 1 fully saturated rings. The van der Waals surface area contributed by atoms with E-state index in [0.717, 1.165) is 24.3 Å². The lowest BCUT2D eigenvalue weighted by Crippen LogP contribution is -2.24. The zero-order valence-corrected chi connectivity index (χ0v) is 7.62. The van der Waals surface area contributed by atoms with Crippen molar-refractivity contribution in [2.45, 2.75) is 32.1 Å². The molecule has 2 aliphatic rings. The molecular formula is C10H15NO2. The van der Waals surface area contributed by atoms with Gasteiger partial charge in [0.25, 0.3) is 5.91 Å². The molecule has 72 valence electrons. The number of hydroxylamine groups is 1. The van der Waals surface area contributed by atoms with Crippen molar-refractivity contribution in [2.24, 2.45) is 11.8 Å². The van der Waals surface area contributed by atoms with Crippen molar-refractivity contribution >= 4 is 5.91 Å². The molecule has 0 saturated heterocycles. The van der Waals surface area contributed by atoms with Gasteiger partial charge in [-0.25, -0.2) is 5.48 Å². The van der Waals surface area contributed by atoms with E-state index < -0.39 is 0 Å². The smallest absolute Gasteiger partial charge is 0.270 e. The fourth-order valence-corrected chi connectivity index (χ4v) is 2.59.